The molecule has 2 aliphatic heterocycles. The van der Waals surface area contributed by atoms with Crippen LogP contribution in [0.5, 0.6) is 0 Å². The summed E-state index contributed by atoms with van der Waals surface area (Å²) in [6.07, 6.45) is 3.71. The van der Waals surface area contributed by atoms with E-state index in [-0.39, 0.29) is 17.5 Å². The Labute approximate surface area is 122 Å². The molecule has 3 rings (SSSR count). The van der Waals surface area contributed by atoms with Crippen molar-refractivity contribution in [1.82, 2.24) is 15.3 Å². The first-order valence-corrected chi connectivity index (χ1v) is 7.16. The molecule has 1 amide bonds. The molecule has 7 nitrogen and oxygen atoms in total. The molecule has 2 aliphatic rings. The van der Waals surface area contributed by atoms with Gasteiger partial charge in [0, 0.05) is 31.7 Å². The van der Waals surface area contributed by atoms with Gasteiger partial charge in [-0.3, -0.25) is 4.79 Å². The molecular weight excluding hydrogens is 272 g/mol. The van der Waals surface area contributed by atoms with E-state index in [1.165, 1.54) is 6.20 Å². The third kappa shape index (κ3) is 2.68. The largest absolute Gasteiger partial charge is 0.478 e. The minimum atomic E-state index is -1.01. The smallest absolute Gasteiger partial charge is 0.339 e. The molecule has 2 N–H and O–H groups in total. The summed E-state index contributed by atoms with van der Waals surface area (Å²) in [7, 11) is 0. The van der Waals surface area contributed by atoms with Gasteiger partial charge in [-0.1, -0.05) is 0 Å². The highest BCUT2D eigenvalue weighted by atomic mass is 16.4. The number of hydrogen-bond acceptors (Lipinski definition) is 5. The maximum Gasteiger partial charge on any atom is 0.339 e. The van der Waals surface area contributed by atoms with Crippen molar-refractivity contribution in [2.24, 2.45) is 5.92 Å². The Balaban J connectivity index is 1.75. The summed E-state index contributed by atoms with van der Waals surface area (Å²) in [5.74, 6) is 0.128. The van der Waals surface area contributed by atoms with Crippen molar-refractivity contribution in [3.63, 3.8) is 0 Å². The first kappa shape index (κ1) is 13.8. The summed E-state index contributed by atoms with van der Waals surface area (Å²) in [6, 6.07) is 0.252. The molecule has 2 atom stereocenters. The molecule has 0 aliphatic carbocycles. The molecule has 2 fully saturated rings. The van der Waals surface area contributed by atoms with Crippen LogP contribution >= 0.6 is 0 Å². The minimum Gasteiger partial charge on any atom is -0.478 e. The lowest BCUT2D eigenvalue weighted by molar-refractivity contribution is -0.124. The SMILES string of the molecule is Cc1nc(N2CCC3NC(=O)CCC3C2)ncc1C(=O)O. The van der Waals surface area contributed by atoms with Crippen LogP contribution in [0.3, 0.4) is 0 Å². The zero-order chi connectivity index (χ0) is 15.0. The number of aromatic carboxylic acids is 1. The number of carboxylic acids is 1. The highest BCUT2D eigenvalue weighted by Crippen LogP contribution is 2.27. The number of hydrogen-bond donors (Lipinski definition) is 2. The van der Waals surface area contributed by atoms with E-state index in [0.717, 1.165) is 25.9 Å². The number of aryl methyl sites for hydroxylation is 1. The zero-order valence-electron chi connectivity index (χ0n) is 11.9. The van der Waals surface area contributed by atoms with Crippen LogP contribution in [0.15, 0.2) is 6.20 Å². The fraction of sp³-hybridized carbons (Fsp3) is 0.571. The monoisotopic (exact) mass is 290 g/mol. The lowest BCUT2D eigenvalue weighted by Gasteiger charge is -2.41. The molecular formula is C14H18N4O3. The summed E-state index contributed by atoms with van der Waals surface area (Å²) in [5, 5.41) is 12.1. The highest BCUT2D eigenvalue weighted by Gasteiger charge is 2.34. The number of piperidine rings is 2. The number of carbonyl (C=O) groups excluding carboxylic acids is 1. The van der Waals surface area contributed by atoms with Gasteiger partial charge >= 0.3 is 5.97 Å². The van der Waals surface area contributed by atoms with E-state index in [9.17, 15) is 9.59 Å². The van der Waals surface area contributed by atoms with Crippen LogP contribution < -0.4 is 10.2 Å². The molecule has 2 saturated heterocycles. The maximum absolute atomic E-state index is 11.4. The van der Waals surface area contributed by atoms with Crippen molar-refractivity contribution in [3.05, 3.63) is 17.5 Å². The van der Waals surface area contributed by atoms with Gasteiger partial charge in [0.25, 0.3) is 0 Å². The molecule has 0 bridgehead atoms. The molecule has 21 heavy (non-hydrogen) atoms. The number of aromatic nitrogens is 2. The third-order valence-electron chi connectivity index (χ3n) is 4.30. The van der Waals surface area contributed by atoms with Crippen LogP contribution in [0.2, 0.25) is 0 Å². The molecule has 112 valence electrons. The van der Waals surface area contributed by atoms with E-state index in [1.807, 2.05) is 0 Å². The van der Waals surface area contributed by atoms with E-state index < -0.39 is 5.97 Å². The molecule has 7 heteroatoms. The molecule has 3 heterocycles. The van der Waals surface area contributed by atoms with Gasteiger partial charge < -0.3 is 15.3 Å². The second-order valence-corrected chi connectivity index (χ2v) is 5.68. The Bertz CT molecular complexity index is 590. The standard InChI is InChI=1S/C14H18N4O3/c1-8-10(13(20)21)6-15-14(16-8)18-5-4-11-9(7-18)2-3-12(19)17-11/h6,9,11H,2-5,7H2,1H3,(H,17,19)(H,20,21). The van der Waals surface area contributed by atoms with Gasteiger partial charge in [-0.25, -0.2) is 14.8 Å². The quantitative estimate of drug-likeness (QED) is 0.827. The lowest BCUT2D eigenvalue weighted by atomic mass is 9.85. The fourth-order valence-electron chi connectivity index (χ4n) is 3.11. The number of anilines is 1. The normalized spacial score (nSPS) is 25.2. The van der Waals surface area contributed by atoms with Crippen molar-refractivity contribution >= 4 is 17.8 Å². The van der Waals surface area contributed by atoms with Crippen LogP contribution in [0, 0.1) is 12.8 Å². The summed E-state index contributed by atoms with van der Waals surface area (Å²) in [4.78, 5) is 33.0. The average Bonchev–Trinajstić information content (AvgIpc) is 2.46. The molecule has 0 saturated carbocycles. The van der Waals surface area contributed by atoms with E-state index in [1.54, 1.807) is 6.92 Å². The number of carboxylic acid groups (broad SMARTS) is 1. The number of carbonyl (C=O) groups is 2. The predicted molar refractivity (Wildman–Crippen MR) is 75.2 cm³/mol. The van der Waals surface area contributed by atoms with Gasteiger partial charge in [0.15, 0.2) is 0 Å². The van der Waals surface area contributed by atoms with E-state index in [2.05, 4.69) is 20.2 Å². The minimum absolute atomic E-state index is 0.138. The molecule has 1 aromatic rings. The number of nitrogens with one attached hydrogen (secondary N) is 1. The summed E-state index contributed by atoms with van der Waals surface area (Å²) in [5.41, 5.74) is 0.616. The second kappa shape index (κ2) is 5.31. The van der Waals surface area contributed by atoms with Crippen LogP contribution in [0.25, 0.3) is 0 Å². The number of nitrogens with zero attached hydrogens (tertiary/aromatic N) is 3. The van der Waals surface area contributed by atoms with Gasteiger partial charge in [0.1, 0.15) is 0 Å². The van der Waals surface area contributed by atoms with Crippen LogP contribution in [-0.2, 0) is 4.79 Å². The Morgan fingerprint density at radius 1 is 1.48 bits per heavy atom. The van der Waals surface area contributed by atoms with Gasteiger partial charge in [-0.2, -0.15) is 0 Å². The van der Waals surface area contributed by atoms with Crippen LogP contribution in [0.1, 0.15) is 35.3 Å². The molecule has 0 radical (unpaired) electrons. The van der Waals surface area contributed by atoms with Crippen molar-refractivity contribution in [2.45, 2.75) is 32.2 Å². The van der Waals surface area contributed by atoms with Crippen molar-refractivity contribution in [3.8, 4) is 0 Å². The van der Waals surface area contributed by atoms with Gasteiger partial charge in [-0.15, -0.1) is 0 Å². The number of fused-ring (bicyclic) bond motifs is 1. The summed E-state index contributed by atoms with van der Waals surface area (Å²) in [6.45, 7) is 3.26. The second-order valence-electron chi connectivity index (χ2n) is 5.68. The van der Waals surface area contributed by atoms with Crippen molar-refractivity contribution in [2.75, 3.05) is 18.0 Å². The molecule has 1 aromatic heterocycles. The van der Waals surface area contributed by atoms with Crippen molar-refractivity contribution in [1.29, 1.82) is 0 Å². The predicted octanol–water partition coefficient (Wildman–Crippen LogP) is 0.588. The van der Waals surface area contributed by atoms with Crippen molar-refractivity contribution < 1.29 is 14.7 Å². The van der Waals surface area contributed by atoms with Gasteiger partial charge in [0.2, 0.25) is 11.9 Å². The number of rotatable bonds is 2. The average molecular weight is 290 g/mol. The first-order chi connectivity index (χ1) is 10.0. The van der Waals surface area contributed by atoms with E-state index >= 15 is 0 Å². The number of amides is 1. The first-order valence-electron chi connectivity index (χ1n) is 7.16. The van der Waals surface area contributed by atoms with Gasteiger partial charge in [0.05, 0.1) is 11.3 Å². The lowest BCUT2D eigenvalue weighted by Crippen LogP contribution is -2.54. The molecule has 0 spiro atoms. The van der Waals surface area contributed by atoms with E-state index in [4.69, 9.17) is 5.11 Å². The molecule has 0 aromatic carbocycles. The Kier molecular flexibility index (Phi) is 3.48. The molecule has 2 unspecified atom stereocenters. The van der Waals surface area contributed by atoms with Gasteiger partial charge in [-0.05, 0) is 25.7 Å². The third-order valence-corrected chi connectivity index (χ3v) is 4.30. The fourth-order valence-corrected chi connectivity index (χ4v) is 3.11. The zero-order valence-corrected chi connectivity index (χ0v) is 11.9. The highest BCUT2D eigenvalue weighted by molar-refractivity contribution is 5.88. The summed E-state index contributed by atoms with van der Waals surface area (Å²) >= 11 is 0. The Hall–Kier alpha value is -2.18. The maximum atomic E-state index is 11.4. The van der Waals surface area contributed by atoms with E-state index in [0.29, 0.717) is 24.0 Å². The Morgan fingerprint density at radius 2 is 2.29 bits per heavy atom. The summed E-state index contributed by atoms with van der Waals surface area (Å²) < 4.78 is 0. The van der Waals surface area contributed by atoms with Crippen LogP contribution in [0.4, 0.5) is 5.95 Å². The van der Waals surface area contributed by atoms with Crippen LogP contribution in [-0.4, -0.2) is 46.1 Å². The Morgan fingerprint density at radius 3 is 3.00 bits per heavy atom. The topological polar surface area (TPSA) is 95.4 Å².